The number of hydrogen-bond donors (Lipinski definition) is 1. The number of nitrogens with one attached hydrogen (secondary N) is 1. The fourth-order valence-corrected chi connectivity index (χ4v) is 3.74. The van der Waals surface area contributed by atoms with Gasteiger partial charge in [0.25, 0.3) is 0 Å². The van der Waals surface area contributed by atoms with Crippen LogP contribution in [-0.2, 0) is 27.5 Å². The molecule has 0 atom stereocenters. The summed E-state index contributed by atoms with van der Waals surface area (Å²) in [5, 5.41) is 2.72. The molecular weight excluding hydrogens is 440 g/mol. The van der Waals surface area contributed by atoms with Crippen molar-refractivity contribution in [3.05, 3.63) is 63.6 Å². The normalized spacial score (nSPS) is 11.9. The third-order valence-corrected chi connectivity index (χ3v) is 5.27. The maximum atomic E-state index is 12.7. The van der Waals surface area contributed by atoms with Crippen LogP contribution in [0.15, 0.2) is 42.5 Å². The summed E-state index contributed by atoms with van der Waals surface area (Å²) >= 11 is 11.8. The minimum atomic E-state index is -4.50. The predicted octanol–water partition coefficient (Wildman–Crippen LogP) is 4.09. The lowest BCUT2D eigenvalue weighted by molar-refractivity contribution is -0.137. The van der Waals surface area contributed by atoms with Crippen LogP contribution in [0.25, 0.3) is 0 Å². The van der Waals surface area contributed by atoms with Crippen molar-refractivity contribution in [1.82, 2.24) is 5.32 Å². The molecule has 0 heterocycles. The number of rotatable bonds is 6. The largest absolute Gasteiger partial charge is 0.416 e. The third-order valence-electron chi connectivity index (χ3n) is 3.61. The minimum absolute atomic E-state index is 0.0311. The summed E-state index contributed by atoms with van der Waals surface area (Å²) in [5.41, 5.74) is -0.564. The van der Waals surface area contributed by atoms with Gasteiger partial charge in [-0.1, -0.05) is 35.3 Å². The van der Waals surface area contributed by atoms with Gasteiger partial charge < -0.3 is 5.32 Å². The van der Waals surface area contributed by atoms with E-state index in [1.165, 1.54) is 30.3 Å². The molecule has 5 nitrogen and oxygen atoms in total. The molecule has 0 radical (unpaired) electrons. The summed E-state index contributed by atoms with van der Waals surface area (Å²) < 4.78 is 63.1. The first-order valence-corrected chi connectivity index (χ1v) is 10.3. The molecule has 0 aliphatic carbocycles. The third kappa shape index (κ3) is 6.02. The lowest BCUT2D eigenvalue weighted by Gasteiger charge is -2.23. The molecule has 0 saturated carbocycles. The molecule has 0 aliphatic heterocycles. The van der Waals surface area contributed by atoms with Crippen molar-refractivity contribution in [2.75, 3.05) is 17.1 Å². The zero-order chi connectivity index (χ0) is 21.1. The van der Waals surface area contributed by atoms with Crippen LogP contribution in [0.5, 0.6) is 0 Å². The quantitative estimate of drug-likeness (QED) is 0.714. The second-order valence-electron chi connectivity index (χ2n) is 5.84. The summed E-state index contributed by atoms with van der Waals surface area (Å²) in [7, 11) is -3.86. The van der Waals surface area contributed by atoms with Gasteiger partial charge in [0.1, 0.15) is 6.54 Å². The molecule has 1 amide bonds. The topological polar surface area (TPSA) is 66.5 Å². The van der Waals surface area contributed by atoms with Crippen molar-refractivity contribution < 1.29 is 26.4 Å². The highest BCUT2D eigenvalue weighted by Gasteiger charge is 2.30. The molecular formula is C17H15Cl2F3N2O3S. The Morgan fingerprint density at radius 1 is 1.14 bits per heavy atom. The SMILES string of the molecule is CS(=O)(=O)N(CC(=O)NCc1cccc(C(F)(F)F)c1)c1ccc(Cl)cc1Cl. The van der Waals surface area contributed by atoms with E-state index in [9.17, 15) is 26.4 Å². The molecule has 2 aromatic carbocycles. The van der Waals surface area contributed by atoms with E-state index in [0.717, 1.165) is 22.7 Å². The number of carbonyl (C=O) groups is 1. The molecule has 0 aliphatic rings. The first-order chi connectivity index (χ1) is 12.9. The van der Waals surface area contributed by atoms with Gasteiger partial charge in [-0.15, -0.1) is 0 Å². The summed E-state index contributed by atoms with van der Waals surface area (Å²) in [6.45, 7) is -0.798. The maximum absolute atomic E-state index is 12.7. The highest BCUT2D eigenvalue weighted by Crippen LogP contribution is 2.31. The van der Waals surface area contributed by atoms with E-state index < -0.39 is 34.2 Å². The Labute approximate surface area is 170 Å². The van der Waals surface area contributed by atoms with Gasteiger partial charge in [0, 0.05) is 11.6 Å². The van der Waals surface area contributed by atoms with Gasteiger partial charge in [0.15, 0.2) is 0 Å². The summed E-state index contributed by atoms with van der Waals surface area (Å²) in [5.74, 6) is -0.714. The zero-order valence-corrected chi connectivity index (χ0v) is 16.8. The molecule has 0 unspecified atom stereocenters. The second-order valence-corrected chi connectivity index (χ2v) is 8.59. The number of alkyl halides is 3. The molecule has 0 fully saturated rings. The van der Waals surface area contributed by atoms with E-state index in [0.29, 0.717) is 0 Å². The lowest BCUT2D eigenvalue weighted by Crippen LogP contribution is -2.40. The zero-order valence-electron chi connectivity index (χ0n) is 14.4. The number of halogens is 5. The standard InChI is InChI=1S/C17H15Cl2F3N2O3S/c1-28(26,27)24(15-6-5-13(18)8-14(15)19)10-16(25)23-9-11-3-2-4-12(7-11)17(20,21)22/h2-8H,9-10H2,1H3,(H,23,25). The van der Waals surface area contributed by atoms with Crippen LogP contribution < -0.4 is 9.62 Å². The summed E-state index contributed by atoms with van der Waals surface area (Å²) in [6.07, 6.45) is -3.60. The Kier molecular flexibility index (Phi) is 6.84. The molecule has 0 saturated heterocycles. The Morgan fingerprint density at radius 2 is 1.82 bits per heavy atom. The smallest absolute Gasteiger partial charge is 0.350 e. The number of benzene rings is 2. The minimum Gasteiger partial charge on any atom is -0.350 e. The number of sulfonamides is 1. The van der Waals surface area contributed by atoms with Gasteiger partial charge in [-0.25, -0.2) is 8.42 Å². The lowest BCUT2D eigenvalue weighted by atomic mass is 10.1. The van der Waals surface area contributed by atoms with Crippen LogP contribution in [0.2, 0.25) is 10.0 Å². The Bertz CT molecular complexity index is 982. The van der Waals surface area contributed by atoms with Crippen LogP contribution in [0.1, 0.15) is 11.1 Å². The number of carbonyl (C=O) groups excluding carboxylic acids is 1. The highest BCUT2D eigenvalue weighted by molar-refractivity contribution is 7.92. The van der Waals surface area contributed by atoms with Crippen molar-refractivity contribution >= 4 is 44.8 Å². The van der Waals surface area contributed by atoms with Gasteiger partial charge in [-0.05, 0) is 35.9 Å². The molecule has 152 valence electrons. The van der Waals surface area contributed by atoms with Crippen LogP contribution >= 0.6 is 23.2 Å². The monoisotopic (exact) mass is 454 g/mol. The van der Waals surface area contributed by atoms with Gasteiger partial charge in [0.05, 0.1) is 22.5 Å². The van der Waals surface area contributed by atoms with E-state index in [-0.39, 0.29) is 27.8 Å². The van der Waals surface area contributed by atoms with Crippen molar-refractivity contribution in [1.29, 1.82) is 0 Å². The average molecular weight is 455 g/mol. The van der Waals surface area contributed by atoms with Crippen molar-refractivity contribution in [2.24, 2.45) is 0 Å². The van der Waals surface area contributed by atoms with Crippen LogP contribution in [-0.4, -0.2) is 27.1 Å². The van der Waals surface area contributed by atoms with Crippen LogP contribution in [0, 0.1) is 0 Å². The van der Waals surface area contributed by atoms with Gasteiger partial charge in [-0.3, -0.25) is 9.10 Å². The molecule has 2 aromatic rings. The summed E-state index contributed by atoms with van der Waals surface area (Å²) in [4.78, 5) is 12.2. The highest BCUT2D eigenvalue weighted by atomic mass is 35.5. The molecule has 2 rings (SSSR count). The van der Waals surface area contributed by atoms with E-state index in [1.807, 2.05) is 0 Å². The fraction of sp³-hybridized carbons (Fsp3) is 0.235. The Hall–Kier alpha value is -1.97. The van der Waals surface area contributed by atoms with Crippen molar-refractivity contribution in [3.63, 3.8) is 0 Å². The van der Waals surface area contributed by atoms with Gasteiger partial charge >= 0.3 is 6.18 Å². The molecule has 0 spiro atoms. The molecule has 11 heteroatoms. The fourth-order valence-electron chi connectivity index (χ4n) is 2.31. The van der Waals surface area contributed by atoms with Crippen LogP contribution in [0.3, 0.4) is 0 Å². The molecule has 0 aromatic heterocycles. The number of hydrogen-bond acceptors (Lipinski definition) is 3. The van der Waals surface area contributed by atoms with E-state index in [2.05, 4.69) is 5.32 Å². The van der Waals surface area contributed by atoms with Crippen LogP contribution in [0.4, 0.5) is 18.9 Å². The predicted molar refractivity (Wildman–Crippen MR) is 102 cm³/mol. The van der Waals surface area contributed by atoms with E-state index in [4.69, 9.17) is 23.2 Å². The molecule has 1 N–H and O–H groups in total. The number of anilines is 1. The second kappa shape index (κ2) is 8.59. The van der Waals surface area contributed by atoms with E-state index in [1.54, 1.807) is 0 Å². The van der Waals surface area contributed by atoms with Gasteiger partial charge in [-0.2, -0.15) is 13.2 Å². The van der Waals surface area contributed by atoms with E-state index >= 15 is 0 Å². The van der Waals surface area contributed by atoms with Crippen molar-refractivity contribution in [3.8, 4) is 0 Å². The Balaban J connectivity index is 2.13. The van der Waals surface area contributed by atoms with Crippen molar-refractivity contribution in [2.45, 2.75) is 12.7 Å². The molecule has 28 heavy (non-hydrogen) atoms. The Morgan fingerprint density at radius 3 is 2.39 bits per heavy atom. The molecule has 0 bridgehead atoms. The maximum Gasteiger partial charge on any atom is 0.416 e. The first-order valence-electron chi connectivity index (χ1n) is 7.73. The first kappa shape index (κ1) is 22.3. The number of amides is 1. The average Bonchev–Trinajstić information content (AvgIpc) is 2.57. The number of nitrogens with zero attached hydrogens (tertiary/aromatic N) is 1. The van der Waals surface area contributed by atoms with Gasteiger partial charge in [0.2, 0.25) is 15.9 Å². The summed E-state index contributed by atoms with van der Waals surface area (Å²) in [6, 6.07) is 8.56.